The molecule has 0 aliphatic rings. The van der Waals surface area contributed by atoms with Crippen LogP contribution in [0.15, 0.2) is 12.2 Å². The van der Waals surface area contributed by atoms with Crippen LogP contribution in [0.1, 0.15) is 45.4 Å². The Kier molecular flexibility index (Phi) is 19.1. The van der Waals surface area contributed by atoms with Crippen LogP contribution in [-0.4, -0.2) is 11.9 Å². The predicted octanol–water partition coefficient (Wildman–Crippen LogP) is -5.97. The third-order valence-electron chi connectivity index (χ3n) is 2.28. The molecule has 0 amide bonds. The van der Waals surface area contributed by atoms with Crippen molar-refractivity contribution in [2.24, 2.45) is 5.92 Å². The number of hydrogen-bond acceptors (Lipinski definition) is 4. The molecule has 18 heavy (non-hydrogen) atoms. The average Bonchev–Trinajstić information content (AvgIpc) is 2.20. The number of hydrogen-bond donors (Lipinski definition) is 0. The van der Waals surface area contributed by atoms with E-state index in [4.69, 9.17) is 0 Å². The number of carboxylic acids is 2. The van der Waals surface area contributed by atoms with Crippen LogP contribution >= 0.6 is 0 Å². The fraction of sp³-hybridized carbons (Fsp3) is 0.667. The molecular weight excluding hydrogens is 222 g/mol. The van der Waals surface area contributed by atoms with Gasteiger partial charge in [0, 0.05) is 17.9 Å². The van der Waals surface area contributed by atoms with Crippen molar-refractivity contribution >= 4 is 11.9 Å². The third kappa shape index (κ3) is 13.9. The number of carbonyl (C=O) groups is 2. The molecule has 0 N–H and O–H groups in total. The minimum Gasteiger partial charge on any atom is -0.550 e. The van der Waals surface area contributed by atoms with Crippen molar-refractivity contribution < 1.29 is 57.5 Å². The molecule has 0 bridgehead atoms. The van der Waals surface area contributed by atoms with Gasteiger partial charge in [0.25, 0.3) is 0 Å². The zero-order valence-electron chi connectivity index (χ0n) is 11.6. The van der Waals surface area contributed by atoms with E-state index in [1.54, 1.807) is 6.08 Å². The molecule has 0 aromatic carbocycles. The summed E-state index contributed by atoms with van der Waals surface area (Å²) in [6.45, 7) is 2.11. The van der Waals surface area contributed by atoms with E-state index in [0.717, 1.165) is 32.1 Å². The first-order valence-electron chi connectivity index (χ1n) is 5.65. The van der Waals surface area contributed by atoms with Crippen LogP contribution in [-0.2, 0) is 9.59 Å². The number of carboxylic acid groups (broad SMARTS) is 2. The summed E-state index contributed by atoms with van der Waals surface area (Å²) in [6.07, 6.45) is 7.76. The molecule has 0 radical (unpaired) electrons. The second kappa shape index (κ2) is 14.9. The van der Waals surface area contributed by atoms with E-state index in [9.17, 15) is 19.8 Å². The Morgan fingerprint density at radius 2 is 1.72 bits per heavy atom. The molecule has 0 aliphatic carbocycles. The van der Waals surface area contributed by atoms with E-state index in [1.165, 1.54) is 6.08 Å². The summed E-state index contributed by atoms with van der Waals surface area (Å²) in [7, 11) is 0. The minimum atomic E-state index is -1.37. The van der Waals surface area contributed by atoms with E-state index in [-0.39, 0.29) is 37.7 Å². The maximum Gasteiger partial charge on any atom is 1.00 e. The van der Waals surface area contributed by atoms with Gasteiger partial charge in [-0.05, 0) is 19.3 Å². The number of aliphatic carboxylic acids is 2. The number of rotatable bonds is 9. The molecule has 6 heteroatoms. The summed E-state index contributed by atoms with van der Waals surface area (Å²) in [5.74, 6) is -3.81. The van der Waals surface area contributed by atoms with Gasteiger partial charge in [-0.15, -0.1) is 0 Å². The number of carbonyl (C=O) groups excluding carboxylic acids is 2. The van der Waals surface area contributed by atoms with Crippen molar-refractivity contribution in [3.05, 3.63) is 12.2 Å². The first kappa shape index (κ1) is 23.0. The van der Waals surface area contributed by atoms with Crippen LogP contribution in [0.25, 0.3) is 0 Å². The molecule has 0 aliphatic heterocycles. The fourth-order valence-corrected chi connectivity index (χ4v) is 1.36. The molecule has 0 rings (SSSR count). The van der Waals surface area contributed by atoms with Crippen molar-refractivity contribution in [2.45, 2.75) is 45.4 Å². The summed E-state index contributed by atoms with van der Waals surface area (Å²) in [6, 6.07) is 0. The number of allylic oxidation sites excluding steroid dienone is 1. The molecule has 0 spiro atoms. The molecule has 0 heterocycles. The van der Waals surface area contributed by atoms with Crippen molar-refractivity contribution in [1.29, 1.82) is 0 Å². The van der Waals surface area contributed by atoms with Crippen LogP contribution < -0.4 is 47.9 Å². The summed E-state index contributed by atoms with van der Waals surface area (Å²) >= 11 is 0. The topological polar surface area (TPSA) is 80.3 Å². The molecule has 0 aromatic rings. The van der Waals surface area contributed by atoms with Gasteiger partial charge < -0.3 is 19.8 Å². The van der Waals surface area contributed by atoms with Crippen molar-refractivity contribution in [2.75, 3.05) is 0 Å². The van der Waals surface area contributed by atoms with Gasteiger partial charge in [0.2, 0.25) is 0 Å². The summed E-state index contributed by atoms with van der Waals surface area (Å²) in [5.41, 5.74) is 0. The molecule has 0 fully saturated rings. The normalized spacial score (nSPS) is 11.4. The third-order valence-corrected chi connectivity index (χ3v) is 2.28. The minimum absolute atomic E-state index is 0. The van der Waals surface area contributed by atoms with Gasteiger partial charge in [-0.1, -0.05) is 38.3 Å². The van der Waals surface area contributed by atoms with Gasteiger partial charge in [0.15, 0.2) is 0 Å². The SMILES string of the molecule is CCCCCCC=CC(CC(=O)[O-])C(=O)[O-].[Li+].[Li+]. The monoisotopic (exact) mass is 240 g/mol. The van der Waals surface area contributed by atoms with Crippen molar-refractivity contribution in [3.8, 4) is 0 Å². The summed E-state index contributed by atoms with van der Waals surface area (Å²) in [4.78, 5) is 20.8. The Morgan fingerprint density at radius 1 is 1.11 bits per heavy atom. The Morgan fingerprint density at radius 3 is 2.17 bits per heavy atom. The van der Waals surface area contributed by atoms with Crippen molar-refractivity contribution in [3.63, 3.8) is 0 Å². The van der Waals surface area contributed by atoms with Gasteiger partial charge in [0.05, 0.1) is 0 Å². The van der Waals surface area contributed by atoms with Crippen molar-refractivity contribution in [1.82, 2.24) is 0 Å². The predicted molar refractivity (Wildman–Crippen MR) is 56.0 cm³/mol. The van der Waals surface area contributed by atoms with E-state index in [2.05, 4.69) is 6.92 Å². The quantitative estimate of drug-likeness (QED) is 0.228. The van der Waals surface area contributed by atoms with Crippen LogP contribution in [0.4, 0.5) is 0 Å². The average molecular weight is 240 g/mol. The van der Waals surface area contributed by atoms with E-state index in [0.29, 0.717) is 0 Å². The molecule has 1 atom stereocenters. The summed E-state index contributed by atoms with van der Waals surface area (Å²) < 4.78 is 0. The summed E-state index contributed by atoms with van der Waals surface area (Å²) in [5, 5.41) is 20.8. The standard InChI is InChI=1S/C12H20O4.2Li/c1-2-3-4-5-6-7-8-10(12(15)16)9-11(13)14;;/h7-8,10H,2-6,9H2,1H3,(H,13,14)(H,15,16);;/q;2*+1/p-2. The Balaban J connectivity index is -0.00000112. The van der Waals surface area contributed by atoms with E-state index in [1.807, 2.05) is 0 Å². The van der Waals surface area contributed by atoms with Gasteiger partial charge in [-0.2, -0.15) is 0 Å². The molecule has 0 saturated heterocycles. The molecule has 92 valence electrons. The second-order valence-electron chi connectivity index (χ2n) is 3.78. The van der Waals surface area contributed by atoms with Crippen LogP contribution in [0.5, 0.6) is 0 Å². The van der Waals surface area contributed by atoms with Crippen LogP contribution in [0.3, 0.4) is 0 Å². The largest absolute Gasteiger partial charge is 1.00 e. The molecule has 1 unspecified atom stereocenters. The molecule has 0 aromatic heterocycles. The Bertz CT molecular complexity index is 254. The van der Waals surface area contributed by atoms with Gasteiger partial charge >= 0.3 is 37.7 Å². The smallest absolute Gasteiger partial charge is 0.550 e. The Labute approximate surface area is 133 Å². The maximum absolute atomic E-state index is 10.5. The second-order valence-corrected chi connectivity index (χ2v) is 3.78. The van der Waals surface area contributed by atoms with Gasteiger partial charge in [-0.25, -0.2) is 0 Å². The van der Waals surface area contributed by atoms with E-state index >= 15 is 0 Å². The van der Waals surface area contributed by atoms with Crippen LogP contribution in [0.2, 0.25) is 0 Å². The first-order chi connectivity index (χ1) is 7.57. The van der Waals surface area contributed by atoms with Crippen LogP contribution in [0, 0.1) is 5.92 Å². The molecule has 4 nitrogen and oxygen atoms in total. The zero-order chi connectivity index (χ0) is 12.4. The fourth-order valence-electron chi connectivity index (χ4n) is 1.36. The Hall–Kier alpha value is -0.125. The maximum atomic E-state index is 10.5. The molecule has 0 saturated carbocycles. The van der Waals surface area contributed by atoms with Gasteiger partial charge in [-0.3, -0.25) is 0 Å². The zero-order valence-corrected chi connectivity index (χ0v) is 11.6. The first-order valence-corrected chi connectivity index (χ1v) is 5.65. The molecular formula is C12H18Li2O4. The van der Waals surface area contributed by atoms with Gasteiger partial charge in [0.1, 0.15) is 0 Å². The number of unbranched alkanes of at least 4 members (excludes halogenated alkanes) is 4. The van der Waals surface area contributed by atoms with E-state index < -0.39 is 24.3 Å².